The molecule has 94 valence electrons. The lowest BCUT2D eigenvalue weighted by Gasteiger charge is -2.30. The van der Waals surface area contributed by atoms with E-state index in [1.165, 1.54) is 38.9 Å². The Bertz CT molecular complexity index is 321. The summed E-state index contributed by atoms with van der Waals surface area (Å²) < 4.78 is 0. The maximum absolute atomic E-state index is 5.71. The number of nitrogens with one attached hydrogen (secondary N) is 1. The van der Waals surface area contributed by atoms with Crippen LogP contribution in [0.2, 0.25) is 5.02 Å². The molecule has 3 rings (SSSR count). The van der Waals surface area contributed by atoms with Gasteiger partial charge < -0.3 is 5.32 Å². The Balaban J connectivity index is 0.000000128. The average molecular weight is 253 g/mol. The molecule has 1 N–H and O–H groups in total. The van der Waals surface area contributed by atoms with Gasteiger partial charge in [0.05, 0.1) is 6.17 Å². The SMILES string of the molecule is C1CNC2CCCN2C1.Cc1ccccc1Cl. The number of nitrogens with zero attached hydrogens (tertiary/aromatic N) is 1. The third kappa shape index (κ3) is 3.70. The molecule has 0 aromatic heterocycles. The molecule has 2 heterocycles. The Kier molecular flexibility index (Phi) is 4.84. The van der Waals surface area contributed by atoms with Gasteiger partial charge in [-0.25, -0.2) is 0 Å². The van der Waals surface area contributed by atoms with Crippen LogP contribution < -0.4 is 5.32 Å². The van der Waals surface area contributed by atoms with Crippen molar-refractivity contribution in [3.05, 3.63) is 34.9 Å². The second-order valence-corrected chi connectivity index (χ2v) is 5.16. The number of benzene rings is 1. The van der Waals surface area contributed by atoms with E-state index in [1.54, 1.807) is 0 Å². The van der Waals surface area contributed by atoms with Crippen molar-refractivity contribution in [2.24, 2.45) is 0 Å². The minimum absolute atomic E-state index is 0.749. The van der Waals surface area contributed by atoms with Crippen LogP contribution in [0.1, 0.15) is 24.8 Å². The highest BCUT2D eigenvalue weighted by molar-refractivity contribution is 6.31. The highest BCUT2D eigenvalue weighted by atomic mass is 35.5. The quantitative estimate of drug-likeness (QED) is 0.764. The van der Waals surface area contributed by atoms with E-state index in [-0.39, 0.29) is 0 Å². The van der Waals surface area contributed by atoms with E-state index in [9.17, 15) is 0 Å². The Labute approximate surface area is 109 Å². The summed E-state index contributed by atoms with van der Waals surface area (Å²) in [6.45, 7) is 5.89. The van der Waals surface area contributed by atoms with Crippen molar-refractivity contribution in [2.75, 3.05) is 19.6 Å². The fourth-order valence-corrected chi connectivity index (χ4v) is 2.56. The van der Waals surface area contributed by atoms with Gasteiger partial charge in [0.1, 0.15) is 0 Å². The summed E-state index contributed by atoms with van der Waals surface area (Å²) >= 11 is 5.71. The first-order chi connectivity index (χ1) is 8.27. The van der Waals surface area contributed by atoms with Crippen LogP contribution in [0.3, 0.4) is 0 Å². The predicted molar refractivity (Wildman–Crippen MR) is 73.4 cm³/mol. The molecule has 2 nitrogen and oxygen atoms in total. The van der Waals surface area contributed by atoms with Crippen LogP contribution in [0.25, 0.3) is 0 Å². The van der Waals surface area contributed by atoms with Crippen LogP contribution in [-0.2, 0) is 0 Å². The maximum atomic E-state index is 5.71. The molecule has 0 spiro atoms. The van der Waals surface area contributed by atoms with Gasteiger partial charge in [0.25, 0.3) is 0 Å². The van der Waals surface area contributed by atoms with Gasteiger partial charge in [-0.05, 0) is 50.9 Å². The normalized spacial score (nSPS) is 23.8. The van der Waals surface area contributed by atoms with Gasteiger partial charge in [-0.15, -0.1) is 0 Å². The lowest BCUT2D eigenvalue weighted by Crippen LogP contribution is -2.47. The zero-order chi connectivity index (χ0) is 12.1. The molecule has 2 saturated heterocycles. The van der Waals surface area contributed by atoms with Crippen molar-refractivity contribution < 1.29 is 0 Å². The lowest BCUT2D eigenvalue weighted by molar-refractivity contribution is 0.179. The van der Waals surface area contributed by atoms with Gasteiger partial charge in [0, 0.05) is 11.6 Å². The molecular weight excluding hydrogens is 232 g/mol. The van der Waals surface area contributed by atoms with E-state index in [4.69, 9.17) is 11.6 Å². The molecule has 1 unspecified atom stereocenters. The highest BCUT2D eigenvalue weighted by Crippen LogP contribution is 2.17. The van der Waals surface area contributed by atoms with E-state index in [1.807, 2.05) is 31.2 Å². The lowest BCUT2D eigenvalue weighted by atomic mass is 10.2. The number of hydrogen-bond acceptors (Lipinski definition) is 2. The average Bonchev–Trinajstić information content (AvgIpc) is 2.82. The van der Waals surface area contributed by atoms with E-state index < -0.39 is 0 Å². The summed E-state index contributed by atoms with van der Waals surface area (Å²) in [6, 6.07) is 7.77. The summed E-state index contributed by atoms with van der Waals surface area (Å²) in [6.07, 6.45) is 4.87. The van der Waals surface area contributed by atoms with Crippen LogP contribution in [0.15, 0.2) is 24.3 Å². The molecular formula is C14H21ClN2. The number of fused-ring (bicyclic) bond motifs is 1. The molecule has 17 heavy (non-hydrogen) atoms. The number of hydrogen-bond donors (Lipinski definition) is 1. The molecule has 2 aliphatic rings. The van der Waals surface area contributed by atoms with Crippen LogP contribution >= 0.6 is 11.6 Å². The van der Waals surface area contributed by atoms with E-state index >= 15 is 0 Å². The van der Waals surface area contributed by atoms with E-state index in [0.29, 0.717) is 0 Å². The van der Waals surface area contributed by atoms with Gasteiger partial charge >= 0.3 is 0 Å². The number of aryl methyl sites for hydroxylation is 1. The molecule has 0 aliphatic carbocycles. The van der Waals surface area contributed by atoms with Crippen LogP contribution in [0, 0.1) is 6.92 Å². The van der Waals surface area contributed by atoms with Crippen molar-refractivity contribution >= 4 is 11.6 Å². The van der Waals surface area contributed by atoms with Crippen LogP contribution in [0.4, 0.5) is 0 Å². The van der Waals surface area contributed by atoms with Crippen molar-refractivity contribution in [3.63, 3.8) is 0 Å². The summed E-state index contributed by atoms with van der Waals surface area (Å²) in [5.74, 6) is 0. The topological polar surface area (TPSA) is 15.3 Å². The Morgan fingerprint density at radius 2 is 2.00 bits per heavy atom. The smallest absolute Gasteiger partial charge is 0.0597 e. The second-order valence-electron chi connectivity index (χ2n) is 4.75. The Morgan fingerprint density at radius 3 is 2.65 bits per heavy atom. The molecule has 0 saturated carbocycles. The first-order valence-corrected chi connectivity index (χ1v) is 6.84. The van der Waals surface area contributed by atoms with Gasteiger partial charge in [0.2, 0.25) is 0 Å². The van der Waals surface area contributed by atoms with Crippen molar-refractivity contribution in [2.45, 2.75) is 32.4 Å². The molecule has 2 fully saturated rings. The monoisotopic (exact) mass is 252 g/mol. The fraction of sp³-hybridized carbons (Fsp3) is 0.571. The van der Waals surface area contributed by atoms with Crippen molar-refractivity contribution in [3.8, 4) is 0 Å². The first kappa shape index (κ1) is 12.9. The van der Waals surface area contributed by atoms with Crippen molar-refractivity contribution in [1.82, 2.24) is 10.2 Å². The summed E-state index contributed by atoms with van der Waals surface area (Å²) in [5.41, 5.74) is 1.13. The molecule has 0 amide bonds. The maximum Gasteiger partial charge on any atom is 0.0597 e. The Morgan fingerprint density at radius 1 is 1.24 bits per heavy atom. The molecule has 0 radical (unpaired) electrons. The third-order valence-electron chi connectivity index (χ3n) is 3.44. The summed E-state index contributed by atoms with van der Waals surface area (Å²) in [5, 5.41) is 4.35. The standard InChI is InChI=1S/C7H7Cl.C7H14N2/c1-6-4-2-3-5-7(6)8;1-3-7-8-4-2-6-9(7)5-1/h2-5H,1H3;7-8H,1-6H2. The van der Waals surface area contributed by atoms with Crippen LogP contribution in [-0.4, -0.2) is 30.7 Å². The molecule has 1 atom stereocenters. The van der Waals surface area contributed by atoms with Gasteiger partial charge in [-0.2, -0.15) is 0 Å². The highest BCUT2D eigenvalue weighted by Gasteiger charge is 2.25. The zero-order valence-corrected chi connectivity index (χ0v) is 11.2. The van der Waals surface area contributed by atoms with Crippen molar-refractivity contribution in [1.29, 1.82) is 0 Å². The number of halogens is 1. The van der Waals surface area contributed by atoms with E-state index in [2.05, 4.69) is 10.2 Å². The molecule has 3 heteroatoms. The molecule has 1 aromatic carbocycles. The first-order valence-electron chi connectivity index (χ1n) is 6.46. The third-order valence-corrected chi connectivity index (χ3v) is 3.87. The van der Waals surface area contributed by atoms with E-state index in [0.717, 1.165) is 16.8 Å². The van der Waals surface area contributed by atoms with Gasteiger partial charge in [-0.3, -0.25) is 4.90 Å². The van der Waals surface area contributed by atoms with Gasteiger partial charge in [-0.1, -0.05) is 29.8 Å². The minimum Gasteiger partial charge on any atom is -0.302 e. The number of rotatable bonds is 0. The molecule has 0 bridgehead atoms. The minimum atomic E-state index is 0.749. The molecule has 2 aliphatic heterocycles. The second kappa shape index (κ2) is 6.39. The predicted octanol–water partition coefficient (Wildman–Crippen LogP) is 3.05. The van der Waals surface area contributed by atoms with Crippen LogP contribution in [0.5, 0.6) is 0 Å². The Hall–Kier alpha value is -0.570. The summed E-state index contributed by atoms with van der Waals surface area (Å²) in [7, 11) is 0. The molecule has 1 aromatic rings. The summed E-state index contributed by atoms with van der Waals surface area (Å²) in [4.78, 5) is 2.56. The fourth-order valence-electron chi connectivity index (χ4n) is 2.43. The largest absolute Gasteiger partial charge is 0.302 e. The van der Waals surface area contributed by atoms with Gasteiger partial charge in [0.15, 0.2) is 0 Å². The zero-order valence-electron chi connectivity index (χ0n) is 10.5.